The van der Waals surface area contributed by atoms with E-state index in [0.717, 1.165) is 0 Å². The van der Waals surface area contributed by atoms with Crippen LogP contribution in [0.3, 0.4) is 0 Å². The molecule has 0 aliphatic rings. The smallest absolute Gasteiger partial charge is 0.336 e. The van der Waals surface area contributed by atoms with Crippen molar-refractivity contribution in [1.82, 2.24) is 4.90 Å². The number of carboxylic acid groups (broad SMARTS) is 1. The molecule has 110 valence electrons. The Morgan fingerprint density at radius 1 is 1.35 bits per heavy atom. The van der Waals surface area contributed by atoms with E-state index in [1.165, 1.54) is 11.0 Å². The highest BCUT2D eigenvalue weighted by Crippen LogP contribution is 2.16. The Balaban J connectivity index is 2.81. The lowest BCUT2D eigenvalue weighted by atomic mass is 10.1. The topological polar surface area (TPSA) is 89.9 Å². The van der Waals surface area contributed by atoms with Crippen molar-refractivity contribution in [3.63, 3.8) is 0 Å². The highest BCUT2D eigenvalue weighted by molar-refractivity contribution is 5.94. The zero-order valence-corrected chi connectivity index (χ0v) is 12.1. The van der Waals surface area contributed by atoms with E-state index in [0.29, 0.717) is 11.3 Å². The molecule has 0 saturated heterocycles. The summed E-state index contributed by atoms with van der Waals surface area (Å²) >= 11 is 0. The number of likely N-dealkylation sites (N-methyl/N-ethyl adjacent to an activating group) is 1. The van der Waals surface area contributed by atoms with Crippen molar-refractivity contribution in [2.45, 2.75) is 26.4 Å². The minimum Gasteiger partial charge on any atom is -0.478 e. The molecule has 0 heterocycles. The van der Waals surface area contributed by atoms with Crippen molar-refractivity contribution in [2.75, 3.05) is 18.9 Å². The lowest BCUT2D eigenvalue weighted by Crippen LogP contribution is -2.41. The molecule has 0 spiro atoms. The molecule has 3 N–H and O–H groups in total. The molecular formula is C14H20N2O4. The summed E-state index contributed by atoms with van der Waals surface area (Å²) in [7, 11) is 1.56. The first-order valence-electron chi connectivity index (χ1n) is 6.18. The van der Waals surface area contributed by atoms with E-state index in [1.807, 2.05) is 0 Å². The van der Waals surface area contributed by atoms with Crippen LogP contribution < -0.4 is 5.32 Å². The van der Waals surface area contributed by atoms with Gasteiger partial charge in [0.15, 0.2) is 0 Å². The van der Waals surface area contributed by atoms with Crippen LogP contribution in [-0.2, 0) is 0 Å². The molecule has 20 heavy (non-hydrogen) atoms. The van der Waals surface area contributed by atoms with Gasteiger partial charge in [-0.1, -0.05) is 6.07 Å². The van der Waals surface area contributed by atoms with Crippen LogP contribution in [-0.4, -0.2) is 46.3 Å². The van der Waals surface area contributed by atoms with Crippen LogP contribution in [0.15, 0.2) is 18.2 Å². The molecule has 0 saturated carbocycles. The first-order chi connectivity index (χ1) is 9.10. The van der Waals surface area contributed by atoms with E-state index in [-0.39, 0.29) is 12.1 Å². The summed E-state index contributed by atoms with van der Waals surface area (Å²) in [6, 6.07) is 4.27. The molecule has 0 radical (unpaired) electrons. The largest absolute Gasteiger partial charge is 0.478 e. The molecule has 0 aliphatic carbocycles. The molecule has 0 fully saturated rings. The van der Waals surface area contributed by atoms with E-state index in [2.05, 4.69) is 5.32 Å². The van der Waals surface area contributed by atoms with Gasteiger partial charge >= 0.3 is 12.0 Å². The number of aromatic carboxylic acids is 1. The van der Waals surface area contributed by atoms with Gasteiger partial charge in [0.1, 0.15) is 0 Å². The first-order valence-corrected chi connectivity index (χ1v) is 6.18. The standard InChI is InChI=1S/C14H20N2O4/c1-9-5-6-10(7-11(9)12(17)18)15-13(19)16(4)8-14(2,3)20/h5-7,20H,8H2,1-4H3,(H,15,19)(H,17,18). The number of carboxylic acids is 1. The fraction of sp³-hybridized carbons (Fsp3) is 0.429. The van der Waals surface area contributed by atoms with Gasteiger partial charge in [0.05, 0.1) is 17.7 Å². The Morgan fingerprint density at radius 2 is 1.95 bits per heavy atom. The number of rotatable bonds is 4. The summed E-state index contributed by atoms with van der Waals surface area (Å²) in [5, 5.41) is 21.3. The zero-order chi connectivity index (χ0) is 15.5. The average Bonchev–Trinajstić information content (AvgIpc) is 2.28. The van der Waals surface area contributed by atoms with Gasteiger partial charge in [0.2, 0.25) is 0 Å². The van der Waals surface area contributed by atoms with Gasteiger partial charge in [-0.05, 0) is 38.5 Å². The molecular weight excluding hydrogens is 260 g/mol. The summed E-state index contributed by atoms with van der Waals surface area (Å²) in [5.41, 5.74) is 0.180. The second-order valence-electron chi connectivity index (χ2n) is 5.43. The lowest BCUT2D eigenvalue weighted by Gasteiger charge is -2.25. The highest BCUT2D eigenvalue weighted by atomic mass is 16.4. The summed E-state index contributed by atoms with van der Waals surface area (Å²) in [4.78, 5) is 24.3. The third-order valence-electron chi connectivity index (χ3n) is 2.69. The fourth-order valence-corrected chi connectivity index (χ4v) is 1.80. The summed E-state index contributed by atoms with van der Waals surface area (Å²) in [5.74, 6) is -1.04. The number of carbonyl (C=O) groups is 2. The number of carbonyl (C=O) groups excluding carboxylic acids is 1. The molecule has 2 amide bonds. The predicted octanol–water partition coefficient (Wildman–Crippen LogP) is 1.93. The van der Waals surface area contributed by atoms with Gasteiger partial charge in [-0.3, -0.25) is 0 Å². The van der Waals surface area contributed by atoms with Gasteiger partial charge in [-0.25, -0.2) is 9.59 Å². The van der Waals surface area contributed by atoms with Gasteiger partial charge in [0, 0.05) is 12.7 Å². The Morgan fingerprint density at radius 3 is 2.45 bits per heavy atom. The molecule has 1 rings (SSSR count). The molecule has 6 heteroatoms. The van der Waals surface area contributed by atoms with E-state index >= 15 is 0 Å². The van der Waals surface area contributed by atoms with Crippen molar-refractivity contribution >= 4 is 17.7 Å². The minimum absolute atomic E-state index is 0.146. The van der Waals surface area contributed by atoms with Crippen LogP contribution in [0.1, 0.15) is 29.8 Å². The number of urea groups is 1. The van der Waals surface area contributed by atoms with Crippen molar-refractivity contribution < 1.29 is 19.8 Å². The number of hydrogen-bond donors (Lipinski definition) is 3. The lowest BCUT2D eigenvalue weighted by molar-refractivity contribution is 0.0550. The van der Waals surface area contributed by atoms with Crippen LogP contribution >= 0.6 is 0 Å². The number of nitrogens with one attached hydrogen (secondary N) is 1. The zero-order valence-electron chi connectivity index (χ0n) is 12.1. The second kappa shape index (κ2) is 5.92. The number of aliphatic hydroxyl groups is 1. The van der Waals surface area contributed by atoms with E-state index in [1.54, 1.807) is 40.0 Å². The third kappa shape index (κ3) is 4.55. The fourth-order valence-electron chi connectivity index (χ4n) is 1.80. The number of nitrogens with zero attached hydrogens (tertiary/aromatic N) is 1. The Hall–Kier alpha value is -2.08. The summed E-state index contributed by atoms with van der Waals surface area (Å²) < 4.78 is 0. The van der Waals surface area contributed by atoms with E-state index in [4.69, 9.17) is 5.11 Å². The normalized spacial score (nSPS) is 11.1. The number of anilines is 1. The number of hydrogen-bond acceptors (Lipinski definition) is 3. The monoisotopic (exact) mass is 280 g/mol. The van der Waals surface area contributed by atoms with Crippen LogP contribution in [0.5, 0.6) is 0 Å². The van der Waals surface area contributed by atoms with Crippen LogP contribution in [0, 0.1) is 6.92 Å². The molecule has 6 nitrogen and oxygen atoms in total. The van der Waals surface area contributed by atoms with Crippen LogP contribution in [0.2, 0.25) is 0 Å². The van der Waals surface area contributed by atoms with Gasteiger partial charge in [0.25, 0.3) is 0 Å². The van der Waals surface area contributed by atoms with Crippen molar-refractivity contribution in [2.24, 2.45) is 0 Å². The second-order valence-corrected chi connectivity index (χ2v) is 5.43. The molecule has 0 aliphatic heterocycles. The van der Waals surface area contributed by atoms with E-state index < -0.39 is 17.6 Å². The van der Waals surface area contributed by atoms with Crippen molar-refractivity contribution in [3.05, 3.63) is 29.3 Å². The molecule has 1 aromatic rings. The summed E-state index contributed by atoms with van der Waals surface area (Å²) in [6.07, 6.45) is 0. The number of benzene rings is 1. The third-order valence-corrected chi connectivity index (χ3v) is 2.69. The van der Waals surface area contributed by atoms with Gasteiger partial charge in [-0.15, -0.1) is 0 Å². The molecule has 0 bridgehead atoms. The Kier molecular flexibility index (Phi) is 4.73. The first kappa shape index (κ1) is 16.0. The van der Waals surface area contributed by atoms with Gasteiger partial charge < -0.3 is 20.4 Å². The molecule has 0 aromatic heterocycles. The van der Waals surface area contributed by atoms with Gasteiger partial charge in [-0.2, -0.15) is 0 Å². The Labute approximate surface area is 118 Å². The average molecular weight is 280 g/mol. The number of aryl methyl sites for hydroxylation is 1. The maximum absolute atomic E-state index is 11.9. The maximum Gasteiger partial charge on any atom is 0.336 e. The number of amides is 2. The maximum atomic E-state index is 11.9. The Bertz CT molecular complexity index is 520. The predicted molar refractivity (Wildman–Crippen MR) is 76.1 cm³/mol. The summed E-state index contributed by atoms with van der Waals surface area (Å²) in [6.45, 7) is 5.06. The van der Waals surface area contributed by atoms with Crippen molar-refractivity contribution in [1.29, 1.82) is 0 Å². The van der Waals surface area contributed by atoms with E-state index in [9.17, 15) is 14.7 Å². The quantitative estimate of drug-likeness (QED) is 0.786. The minimum atomic E-state index is -1.04. The van der Waals surface area contributed by atoms with Crippen LogP contribution in [0.4, 0.5) is 10.5 Å². The molecule has 0 atom stereocenters. The van der Waals surface area contributed by atoms with Crippen molar-refractivity contribution in [3.8, 4) is 0 Å². The van der Waals surface area contributed by atoms with Crippen LogP contribution in [0.25, 0.3) is 0 Å². The molecule has 0 unspecified atom stereocenters. The SMILES string of the molecule is Cc1ccc(NC(=O)N(C)CC(C)(C)O)cc1C(=O)O. The highest BCUT2D eigenvalue weighted by Gasteiger charge is 2.19. The molecule has 1 aromatic carbocycles.